The van der Waals surface area contributed by atoms with Crippen LogP contribution in [0, 0.1) is 0 Å². The molecule has 0 saturated heterocycles. The number of aromatic carboxylic acids is 1. The van der Waals surface area contributed by atoms with Crippen molar-refractivity contribution in [1.82, 2.24) is 0 Å². The lowest BCUT2D eigenvalue weighted by atomic mass is 9.95. The summed E-state index contributed by atoms with van der Waals surface area (Å²) < 4.78 is 0. The molecule has 2 heterocycles. The Morgan fingerprint density at radius 1 is 0.755 bits per heavy atom. The van der Waals surface area contributed by atoms with Crippen molar-refractivity contribution in [3.05, 3.63) is 166 Å². The topological polar surface area (TPSA) is 73.2 Å². The second-order valence-electron chi connectivity index (χ2n) is 12.9. The zero-order chi connectivity index (χ0) is 33.5. The van der Waals surface area contributed by atoms with Crippen LogP contribution in [0.15, 0.2) is 138 Å². The smallest absolute Gasteiger partial charge is 0.335 e. The van der Waals surface area contributed by atoms with Crippen LogP contribution in [0.1, 0.15) is 70.3 Å². The number of nitrogens with zero attached hydrogens (tertiary/aromatic N) is 3. The van der Waals surface area contributed by atoms with E-state index in [1.807, 2.05) is 13.0 Å². The summed E-state index contributed by atoms with van der Waals surface area (Å²) in [5.74, 6) is -0.795. The highest BCUT2D eigenvalue weighted by Crippen LogP contribution is 2.52. The molecule has 3 aliphatic rings. The Morgan fingerprint density at radius 2 is 1.39 bits per heavy atom. The highest BCUT2D eigenvalue weighted by Gasteiger charge is 2.42. The van der Waals surface area contributed by atoms with Crippen LogP contribution in [-0.2, 0) is 4.79 Å². The van der Waals surface area contributed by atoms with Crippen LogP contribution in [0.5, 0.6) is 0 Å². The number of amides is 1. The fourth-order valence-electron chi connectivity index (χ4n) is 7.54. The predicted molar refractivity (Wildman–Crippen MR) is 197 cm³/mol. The molecule has 6 heteroatoms. The van der Waals surface area contributed by atoms with Gasteiger partial charge in [-0.05, 0) is 114 Å². The second-order valence-corrected chi connectivity index (χ2v) is 12.9. The van der Waals surface area contributed by atoms with E-state index in [2.05, 4.69) is 119 Å². The van der Waals surface area contributed by atoms with E-state index in [0.717, 1.165) is 24.0 Å². The molecule has 2 aliphatic heterocycles. The minimum atomic E-state index is -1.01. The van der Waals surface area contributed by atoms with Gasteiger partial charge in [-0.3, -0.25) is 4.79 Å². The number of fused-ring (bicyclic) bond motifs is 3. The minimum Gasteiger partial charge on any atom is -0.478 e. The van der Waals surface area contributed by atoms with Gasteiger partial charge in [-0.2, -0.15) is 10.1 Å². The monoisotopic (exact) mass is 641 g/mol. The average Bonchev–Trinajstić information content (AvgIpc) is 3.81. The quantitative estimate of drug-likeness (QED) is 0.142. The third kappa shape index (κ3) is 5.65. The summed E-state index contributed by atoms with van der Waals surface area (Å²) in [5.41, 5.74) is 11.3. The molecule has 1 saturated carbocycles. The number of rotatable bonds is 7. The summed E-state index contributed by atoms with van der Waals surface area (Å²) in [4.78, 5) is 27.3. The molecule has 0 spiro atoms. The minimum absolute atomic E-state index is 0.164. The Kier molecular flexibility index (Phi) is 7.77. The summed E-state index contributed by atoms with van der Waals surface area (Å²) in [6, 6.07) is 43.1. The highest BCUT2D eigenvalue weighted by molar-refractivity contribution is 6.32. The molecule has 0 bridgehead atoms. The Labute approximate surface area is 286 Å². The Bertz CT molecular complexity index is 2110. The maximum absolute atomic E-state index is 13.5. The van der Waals surface area contributed by atoms with Crippen molar-refractivity contribution in [1.29, 1.82) is 0 Å². The number of hydrogen-bond donors (Lipinski definition) is 1. The van der Waals surface area contributed by atoms with Crippen LogP contribution in [0.25, 0.3) is 17.7 Å². The number of carbonyl (C=O) groups excluding carboxylic acids is 1. The van der Waals surface area contributed by atoms with E-state index >= 15 is 0 Å². The summed E-state index contributed by atoms with van der Waals surface area (Å²) >= 11 is 0. The zero-order valence-electron chi connectivity index (χ0n) is 27.2. The number of hydrazone groups is 1. The summed E-state index contributed by atoms with van der Waals surface area (Å²) in [5, 5.41) is 15.1. The molecule has 1 aliphatic carbocycles. The predicted octanol–water partition coefficient (Wildman–Crippen LogP) is 9.57. The van der Waals surface area contributed by atoms with E-state index in [4.69, 9.17) is 0 Å². The number of anilines is 3. The van der Waals surface area contributed by atoms with Gasteiger partial charge in [-0.15, -0.1) is 0 Å². The SMILES string of the molecule is CC1=NN(c2ccc(C(=O)O)cc2)C(=O)/C1=C\c1ccc2c(c1)C1CCCC1N2c1ccc(C=C(c2ccccc2)c2ccccc2)cc1. The lowest BCUT2D eigenvalue weighted by molar-refractivity contribution is -0.114. The number of benzene rings is 5. The molecule has 0 radical (unpaired) electrons. The molecule has 6 nitrogen and oxygen atoms in total. The molecule has 5 aromatic carbocycles. The fraction of sp³-hybridized carbons (Fsp3) is 0.140. The van der Waals surface area contributed by atoms with E-state index < -0.39 is 5.97 Å². The van der Waals surface area contributed by atoms with E-state index in [0.29, 0.717) is 28.9 Å². The van der Waals surface area contributed by atoms with E-state index in [-0.39, 0.29) is 11.5 Å². The molecule has 49 heavy (non-hydrogen) atoms. The number of carbonyl (C=O) groups is 2. The van der Waals surface area contributed by atoms with Gasteiger partial charge in [-0.25, -0.2) is 4.79 Å². The normalized spacial score (nSPS) is 18.8. The first-order chi connectivity index (χ1) is 23.9. The van der Waals surface area contributed by atoms with E-state index in [1.165, 1.54) is 57.2 Å². The van der Waals surface area contributed by atoms with E-state index in [9.17, 15) is 14.7 Å². The molecule has 1 fully saturated rings. The van der Waals surface area contributed by atoms with Gasteiger partial charge < -0.3 is 10.0 Å². The first-order valence-corrected chi connectivity index (χ1v) is 16.8. The van der Waals surface area contributed by atoms with Crippen LogP contribution in [-0.4, -0.2) is 28.7 Å². The van der Waals surface area contributed by atoms with Crippen LogP contribution in [0.3, 0.4) is 0 Å². The van der Waals surface area contributed by atoms with Crippen LogP contribution in [0.4, 0.5) is 17.1 Å². The Hall–Kier alpha value is -6.01. The third-order valence-electron chi connectivity index (χ3n) is 9.91. The van der Waals surface area contributed by atoms with Gasteiger partial charge >= 0.3 is 5.97 Å². The van der Waals surface area contributed by atoms with Crippen molar-refractivity contribution in [3.63, 3.8) is 0 Å². The number of carboxylic acids is 1. The number of carboxylic acid groups (broad SMARTS) is 1. The van der Waals surface area contributed by atoms with Crippen molar-refractivity contribution < 1.29 is 14.7 Å². The fourth-order valence-corrected chi connectivity index (χ4v) is 7.54. The van der Waals surface area contributed by atoms with Gasteiger partial charge in [0, 0.05) is 23.3 Å². The van der Waals surface area contributed by atoms with Crippen LogP contribution in [0.2, 0.25) is 0 Å². The van der Waals surface area contributed by atoms with Gasteiger partial charge in [0.15, 0.2) is 0 Å². The Morgan fingerprint density at radius 3 is 2.04 bits per heavy atom. The standard InChI is InChI=1S/C43H35N3O3/c1-28-37(42(47)46(44-28)35-22-18-33(19-23-35)43(48)49)26-30-17-24-41-39(27-30)36-13-8-14-40(36)45(41)34-20-15-29(16-21-34)25-38(31-9-4-2-5-10-31)32-11-6-3-7-12-32/h2-7,9-12,15-27,36,40H,8,13-14H2,1H3,(H,48,49)/b37-26-. The first kappa shape index (κ1) is 30.3. The highest BCUT2D eigenvalue weighted by atomic mass is 16.4. The molecule has 0 aromatic heterocycles. The first-order valence-electron chi connectivity index (χ1n) is 16.8. The van der Waals surface area contributed by atoms with Gasteiger partial charge in [-0.1, -0.05) is 85.3 Å². The summed E-state index contributed by atoms with van der Waals surface area (Å²) in [6.07, 6.45) is 7.68. The largest absolute Gasteiger partial charge is 0.478 e. The Balaban J connectivity index is 1.08. The molecular weight excluding hydrogens is 606 g/mol. The molecule has 5 aromatic rings. The van der Waals surface area contributed by atoms with E-state index in [1.54, 1.807) is 12.1 Å². The zero-order valence-corrected chi connectivity index (χ0v) is 27.2. The maximum atomic E-state index is 13.5. The molecule has 8 rings (SSSR count). The molecule has 2 atom stereocenters. The van der Waals surface area contributed by atoms with Crippen molar-refractivity contribution in [2.24, 2.45) is 5.10 Å². The van der Waals surface area contributed by atoms with Crippen molar-refractivity contribution in [2.75, 3.05) is 9.91 Å². The maximum Gasteiger partial charge on any atom is 0.335 e. The van der Waals surface area contributed by atoms with Gasteiger partial charge in [0.1, 0.15) is 0 Å². The van der Waals surface area contributed by atoms with Gasteiger partial charge in [0.25, 0.3) is 5.91 Å². The lowest BCUT2D eigenvalue weighted by Gasteiger charge is -2.27. The summed E-state index contributed by atoms with van der Waals surface area (Å²) in [6.45, 7) is 1.83. The third-order valence-corrected chi connectivity index (χ3v) is 9.91. The number of hydrogen-bond acceptors (Lipinski definition) is 4. The van der Waals surface area contributed by atoms with Crippen molar-refractivity contribution in [2.45, 2.75) is 38.1 Å². The second kappa shape index (κ2) is 12.5. The van der Waals surface area contributed by atoms with Gasteiger partial charge in [0.2, 0.25) is 0 Å². The van der Waals surface area contributed by atoms with Crippen molar-refractivity contribution >= 4 is 52.4 Å². The van der Waals surface area contributed by atoms with Crippen molar-refractivity contribution in [3.8, 4) is 0 Å². The summed E-state index contributed by atoms with van der Waals surface area (Å²) in [7, 11) is 0. The van der Waals surface area contributed by atoms with Crippen LogP contribution < -0.4 is 9.91 Å². The van der Waals surface area contributed by atoms with Crippen LogP contribution >= 0.6 is 0 Å². The van der Waals surface area contributed by atoms with Gasteiger partial charge in [0.05, 0.1) is 22.5 Å². The molecule has 1 N–H and O–H groups in total. The molecule has 2 unspecified atom stereocenters. The lowest BCUT2D eigenvalue weighted by Crippen LogP contribution is -2.26. The molecule has 1 amide bonds. The molecular formula is C43H35N3O3. The average molecular weight is 642 g/mol. The molecule has 240 valence electrons.